The minimum absolute atomic E-state index is 0.0211. The van der Waals surface area contributed by atoms with Crippen LogP contribution in [-0.2, 0) is 19.1 Å². The Morgan fingerprint density at radius 3 is 2.41 bits per heavy atom. The molecule has 4 saturated carbocycles. The van der Waals surface area contributed by atoms with Crippen molar-refractivity contribution in [1.82, 2.24) is 0 Å². The normalized spacial score (nSPS) is 38.8. The Bertz CT molecular complexity index is 1100. The minimum atomic E-state index is -0.939. The molecule has 5 rings (SSSR count). The van der Waals surface area contributed by atoms with Gasteiger partial charge in [-0.25, -0.2) is 4.39 Å². The molecule has 1 N–H and O–H groups in total. The van der Waals surface area contributed by atoms with Gasteiger partial charge in [-0.1, -0.05) is 51.8 Å². The second kappa shape index (κ2) is 12.1. The molecule has 0 amide bonds. The Labute approximate surface area is 246 Å². The van der Waals surface area contributed by atoms with Crippen molar-refractivity contribution in [2.75, 3.05) is 0 Å². The number of carbonyl (C=O) groups excluding carboxylic acids is 2. The van der Waals surface area contributed by atoms with Crippen molar-refractivity contribution in [2.45, 2.75) is 124 Å². The van der Waals surface area contributed by atoms with Gasteiger partial charge >= 0.3 is 5.97 Å². The number of aliphatic hydroxyl groups excluding tert-OH is 1. The number of aliphatic hydroxyl groups is 1. The second-order valence-corrected chi connectivity index (χ2v) is 14.4. The summed E-state index contributed by atoms with van der Waals surface area (Å²) in [6.45, 7) is 10.3. The molecule has 6 heteroatoms. The van der Waals surface area contributed by atoms with E-state index < -0.39 is 18.5 Å². The van der Waals surface area contributed by atoms with Gasteiger partial charge in [-0.05, 0) is 111 Å². The van der Waals surface area contributed by atoms with Gasteiger partial charge in [0.2, 0.25) is 0 Å². The highest BCUT2D eigenvalue weighted by Crippen LogP contribution is 2.68. The molecular weight excluding hydrogens is 519 g/mol. The molecule has 0 bridgehead atoms. The molecule has 1 aromatic carbocycles. The number of hydrogen-bond donors (Lipinski definition) is 1. The molecule has 5 nitrogen and oxygen atoms in total. The number of rotatable bonds is 9. The van der Waals surface area contributed by atoms with Crippen LogP contribution in [0.4, 0.5) is 4.39 Å². The average molecular weight is 571 g/mol. The zero-order valence-electron chi connectivity index (χ0n) is 25.7. The molecule has 0 spiro atoms. The second-order valence-electron chi connectivity index (χ2n) is 14.4. The van der Waals surface area contributed by atoms with Crippen LogP contribution < -0.4 is 0 Å². The molecule has 4 aliphatic carbocycles. The van der Waals surface area contributed by atoms with Gasteiger partial charge in [0.15, 0.2) is 18.2 Å². The highest BCUT2D eigenvalue weighted by Gasteiger charge is 2.62. The zero-order valence-corrected chi connectivity index (χ0v) is 25.7. The fourth-order valence-electron chi connectivity index (χ4n) is 10.5. The summed E-state index contributed by atoms with van der Waals surface area (Å²) in [5.74, 6) is 2.77. The van der Waals surface area contributed by atoms with E-state index in [1.165, 1.54) is 38.7 Å². The van der Waals surface area contributed by atoms with Crippen molar-refractivity contribution in [2.24, 2.45) is 46.3 Å². The SMILES string of the molecule is CC(=O)O[C@H]1CC[C@@]2(C)[C@@H](CC[C@@H]3[C@@H]2CC[C@]2(C)[C@@H]([C@H](C)CCCC(OC(C)O)c4ccccc4F)CC[C@@H]32)C1=O. The molecule has 2 unspecified atom stereocenters. The van der Waals surface area contributed by atoms with Gasteiger partial charge in [0.05, 0.1) is 6.10 Å². The molecule has 1 aromatic rings. The predicted octanol–water partition coefficient (Wildman–Crippen LogP) is 7.80. The van der Waals surface area contributed by atoms with E-state index in [1.54, 1.807) is 19.1 Å². The largest absolute Gasteiger partial charge is 0.455 e. The minimum Gasteiger partial charge on any atom is -0.455 e. The lowest BCUT2D eigenvalue weighted by molar-refractivity contribution is -0.172. The Hall–Kier alpha value is -1.79. The number of benzene rings is 1. The molecule has 11 atom stereocenters. The van der Waals surface area contributed by atoms with E-state index in [1.807, 2.05) is 6.07 Å². The highest BCUT2D eigenvalue weighted by molar-refractivity contribution is 5.89. The first-order valence-corrected chi connectivity index (χ1v) is 16.2. The Balaban J connectivity index is 1.22. The standard InChI is InChI=1S/C35H51FO5/c1-21(9-8-12-31(40-22(2)37)25-10-6-7-11-30(25)36)26-15-16-27-24-13-14-29-33(39)32(41-23(3)38)18-20-35(29,5)28(24)17-19-34(26,27)4/h6-7,10-11,21-22,24,26-29,31-32,37H,8-9,12-20H2,1-5H3/t21-,22?,24+,26-,27+,28+,29+,31?,32+,34-,35-/m1/s1. The first kappa shape index (κ1) is 30.7. The van der Waals surface area contributed by atoms with Crippen LogP contribution in [0.2, 0.25) is 0 Å². The lowest BCUT2D eigenvalue weighted by Crippen LogP contribution is -2.57. The van der Waals surface area contributed by atoms with Crippen LogP contribution in [0.5, 0.6) is 0 Å². The zero-order chi connectivity index (χ0) is 29.5. The quantitative estimate of drug-likeness (QED) is 0.242. The number of halogens is 1. The summed E-state index contributed by atoms with van der Waals surface area (Å²) in [6.07, 6.45) is 9.42. The van der Waals surface area contributed by atoms with Gasteiger partial charge < -0.3 is 14.6 Å². The number of hydrogen-bond acceptors (Lipinski definition) is 5. The first-order chi connectivity index (χ1) is 19.5. The molecule has 0 aromatic heterocycles. The lowest BCUT2D eigenvalue weighted by atomic mass is 9.44. The van der Waals surface area contributed by atoms with E-state index in [0.717, 1.165) is 32.1 Å². The number of fused-ring (bicyclic) bond motifs is 5. The van der Waals surface area contributed by atoms with Crippen LogP contribution in [0, 0.1) is 52.2 Å². The van der Waals surface area contributed by atoms with Crippen LogP contribution in [0.1, 0.15) is 117 Å². The molecule has 41 heavy (non-hydrogen) atoms. The summed E-state index contributed by atoms with van der Waals surface area (Å²) in [6, 6.07) is 6.73. The maximum absolute atomic E-state index is 14.5. The van der Waals surface area contributed by atoms with Crippen LogP contribution in [-0.4, -0.2) is 29.3 Å². The van der Waals surface area contributed by atoms with Crippen LogP contribution in [0.15, 0.2) is 24.3 Å². The summed E-state index contributed by atoms with van der Waals surface area (Å²) in [7, 11) is 0. The first-order valence-electron chi connectivity index (χ1n) is 16.2. The number of Topliss-reactive ketones (excluding diaryl/α,β-unsaturated/α-hetero) is 1. The van der Waals surface area contributed by atoms with Crippen molar-refractivity contribution in [3.8, 4) is 0 Å². The smallest absolute Gasteiger partial charge is 0.303 e. The maximum atomic E-state index is 14.5. The molecule has 0 radical (unpaired) electrons. The van der Waals surface area contributed by atoms with E-state index in [-0.39, 0.29) is 28.9 Å². The number of carbonyl (C=O) groups is 2. The molecule has 0 saturated heterocycles. The monoisotopic (exact) mass is 570 g/mol. The van der Waals surface area contributed by atoms with Gasteiger partial charge in [0, 0.05) is 18.4 Å². The van der Waals surface area contributed by atoms with E-state index >= 15 is 0 Å². The summed E-state index contributed by atoms with van der Waals surface area (Å²) < 4.78 is 25.7. The van der Waals surface area contributed by atoms with Gasteiger partial charge in [0.1, 0.15) is 5.82 Å². The van der Waals surface area contributed by atoms with Gasteiger partial charge in [-0.3, -0.25) is 9.59 Å². The third-order valence-electron chi connectivity index (χ3n) is 12.3. The van der Waals surface area contributed by atoms with E-state index in [2.05, 4.69) is 20.8 Å². The number of ether oxygens (including phenoxy) is 2. The van der Waals surface area contributed by atoms with Gasteiger partial charge in [-0.2, -0.15) is 0 Å². The highest BCUT2D eigenvalue weighted by atomic mass is 19.1. The van der Waals surface area contributed by atoms with E-state index in [9.17, 15) is 19.1 Å². The molecule has 4 aliphatic rings. The average Bonchev–Trinajstić information content (AvgIpc) is 3.27. The van der Waals surface area contributed by atoms with Crippen LogP contribution in [0.25, 0.3) is 0 Å². The van der Waals surface area contributed by atoms with E-state index in [0.29, 0.717) is 53.4 Å². The third kappa shape index (κ3) is 5.77. The molecular formula is C35H51FO5. The number of ketones is 1. The summed E-state index contributed by atoms with van der Waals surface area (Å²) in [4.78, 5) is 25.0. The summed E-state index contributed by atoms with van der Waals surface area (Å²) in [5.41, 5.74) is 0.869. The van der Waals surface area contributed by atoms with Crippen molar-refractivity contribution >= 4 is 11.8 Å². The van der Waals surface area contributed by atoms with Crippen molar-refractivity contribution in [3.63, 3.8) is 0 Å². The lowest BCUT2D eigenvalue weighted by Gasteiger charge is -2.60. The van der Waals surface area contributed by atoms with E-state index in [4.69, 9.17) is 9.47 Å². The van der Waals surface area contributed by atoms with Crippen molar-refractivity contribution in [1.29, 1.82) is 0 Å². The summed E-state index contributed by atoms with van der Waals surface area (Å²) in [5, 5.41) is 9.88. The molecule has 0 heterocycles. The van der Waals surface area contributed by atoms with Crippen molar-refractivity contribution < 1.29 is 28.6 Å². The summed E-state index contributed by atoms with van der Waals surface area (Å²) >= 11 is 0. The maximum Gasteiger partial charge on any atom is 0.303 e. The fraction of sp³-hybridized carbons (Fsp3) is 0.771. The Morgan fingerprint density at radius 1 is 1.00 bits per heavy atom. The van der Waals surface area contributed by atoms with Gasteiger partial charge in [-0.15, -0.1) is 0 Å². The predicted molar refractivity (Wildman–Crippen MR) is 156 cm³/mol. The van der Waals surface area contributed by atoms with Crippen LogP contribution in [0.3, 0.4) is 0 Å². The molecule has 228 valence electrons. The molecule has 4 fully saturated rings. The van der Waals surface area contributed by atoms with Crippen LogP contribution >= 0.6 is 0 Å². The fourth-order valence-corrected chi connectivity index (χ4v) is 10.5. The Morgan fingerprint density at radius 2 is 1.71 bits per heavy atom. The van der Waals surface area contributed by atoms with Crippen molar-refractivity contribution in [3.05, 3.63) is 35.6 Å². The topological polar surface area (TPSA) is 72.8 Å². The molecule has 0 aliphatic heterocycles. The Kier molecular flexibility index (Phi) is 9.03. The number of esters is 1. The van der Waals surface area contributed by atoms with Gasteiger partial charge in [0.25, 0.3) is 0 Å². The third-order valence-corrected chi connectivity index (χ3v) is 12.3.